The first-order valence-corrected chi connectivity index (χ1v) is 10.7. The Morgan fingerprint density at radius 1 is 0.719 bits per heavy atom. The van der Waals surface area contributed by atoms with E-state index in [2.05, 4.69) is 18.3 Å². The summed E-state index contributed by atoms with van der Waals surface area (Å²) in [6.07, 6.45) is 0. The number of halogens is 6. The van der Waals surface area contributed by atoms with E-state index in [4.69, 9.17) is 0 Å². The summed E-state index contributed by atoms with van der Waals surface area (Å²) in [6, 6.07) is 3.24. The highest BCUT2D eigenvalue weighted by atomic mass is 32.2. The van der Waals surface area contributed by atoms with E-state index in [0.29, 0.717) is 12.1 Å². The number of ketones is 1. The van der Waals surface area contributed by atoms with Gasteiger partial charge in [0.05, 0.1) is 0 Å². The third-order valence-corrected chi connectivity index (χ3v) is 5.32. The van der Waals surface area contributed by atoms with Gasteiger partial charge in [-0.05, 0) is 38.1 Å². The molecule has 0 bridgehead atoms. The minimum atomic E-state index is -6.26. The normalized spacial score (nSPS) is 13.0. The van der Waals surface area contributed by atoms with Gasteiger partial charge in [0.25, 0.3) is 0 Å². The van der Waals surface area contributed by atoms with Crippen LogP contribution in [0.5, 0.6) is 11.5 Å². The Hall–Kier alpha value is -2.95. The van der Waals surface area contributed by atoms with Crippen molar-refractivity contribution in [3.05, 3.63) is 47.0 Å². The Morgan fingerprint density at radius 3 is 1.31 bits per heavy atom. The molecule has 2 aromatic heterocycles. The van der Waals surface area contributed by atoms with Crippen LogP contribution in [0.25, 0.3) is 0 Å². The molecule has 0 aromatic carbocycles. The second kappa shape index (κ2) is 8.19. The SMILES string of the molecule is Cc1ccc(OS(=O)(=O)C(F)(F)F)c(C(=O)c2nc(C)ccc2OS(=O)(=O)C(F)(F)F)n1. The fourth-order valence-corrected chi connectivity index (χ4v) is 2.92. The summed E-state index contributed by atoms with van der Waals surface area (Å²) >= 11 is 0. The number of hydrogen-bond acceptors (Lipinski definition) is 9. The summed E-state index contributed by atoms with van der Waals surface area (Å²) in [6.45, 7) is 2.49. The van der Waals surface area contributed by atoms with Gasteiger partial charge in [-0.25, -0.2) is 9.97 Å². The number of aryl methyl sites for hydroxylation is 2. The molecule has 0 radical (unpaired) electrons. The molecule has 32 heavy (non-hydrogen) atoms. The Balaban J connectivity index is 2.64. The quantitative estimate of drug-likeness (QED) is 0.250. The number of pyridine rings is 2. The summed E-state index contributed by atoms with van der Waals surface area (Å²) in [7, 11) is -12.5. The molecular formula is C15H10F6N2O7S2. The molecular weight excluding hydrogens is 498 g/mol. The Labute approximate surface area is 176 Å². The Kier molecular flexibility index (Phi) is 6.48. The summed E-state index contributed by atoms with van der Waals surface area (Å²) in [5.41, 5.74) is -14.1. The molecule has 0 aliphatic carbocycles. The number of carbonyl (C=O) groups excluding carboxylic acids is 1. The predicted molar refractivity (Wildman–Crippen MR) is 92.6 cm³/mol. The van der Waals surface area contributed by atoms with Gasteiger partial charge < -0.3 is 8.37 Å². The van der Waals surface area contributed by atoms with Crippen LogP contribution in [0.3, 0.4) is 0 Å². The first-order valence-electron chi connectivity index (χ1n) is 7.87. The lowest BCUT2D eigenvalue weighted by Crippen LogP contribution is -2.29. The topological polar surface area (TPSA) is 130 Å². The molecule has 0 fully saturated rings. The van der Waals surface area contributed by atoms with Crippen LogP contribution in [-0.4, -0.2) is 43.6 Å². The van der Waals surface area contributed by atoms with Gasteiger partial charge in [-0.1, -0.05) is 0 Å². The number of alkyl halides is 6. The van der Waals surface area contributed by atoms with Crippen molar-refractivity contribution in [2.45, 2.75) is 24.9 Å². The maximum absolute atomic E-state index is 12.8. The molecule has 9 nitrogen and oxygen atoms in total. The Morgan fingerprint density at radius 2 is 1.03 bits per heavy atom. The van der Waals surface area contributed by atoms with Crippen LogP contribution in [-0.2, 0) is 20.2 Å². The van der Waals surface area contributed by atoms with E-state index >= 15 is 0 Å². The minimum absolute atomic E-state index is 0.0388. The smallest absolute Gasteiger partial charge is 0.374 e. The third kappa shape index (κ3) is 5.26. The van der Waals surface area contributed by atoms with Gasteiger partial charge in [-0.2, -0.15) is 43.2 Å². The maximum Gasteiger partial charge on any atom is 0.534 e. The summed E-state index contributed by atoms with van der Waals surface area (Å²) in [5, 5.41) is 0. The highest BCUT2D eigenvalue weighted by molar-refractivity contribution is 7.88. The molecule has 0 amide bonds. The molecule has 17 heteroatoms. The van der Waals surface area contributed by atoms with Crippen molar-refractivity contribution in [1.29, 1.82) is 0 Å². The van der Waals surface area contributed by atoms with Crippen molar-refractivity contribution in [3.63, 3.8) is 0 Å². The molecule has 0 N–H and O–H groups in total. The van der Waals surface area contributed by atoms with Crippen LogP contribution in [0.15, 0.2) is 24.3 Å². The molecule has 176 valence electrons. The molecule has 0 saturated carbocycles. The fourth-order valence-electron chi connectivity index (χ4n) is 1.99. The fraction of sp³-hybridized carbons (Fsp3) is 0.267. The van der Waals surface area contributed by atoms with Gasteiger partial charge in [0, 0.05) is 11.4 Å². The number of carbonyl (C=O) groups is 1. The highest BCUT2D eigenvalue weighted by Gasteiger charge is 2.50. The zero-order valence-corrected chi connectivity index (χ0v) is 17.3. The minimum Gasteiger partial charge on any atom is -0.374 e. The summed E-state index contributed by atoms with van der Waals surface area (Å²) in [5.74, 6) is -4.03. The van der Waals surface area contributed by atoms with Gasteiger partial charge in [0.15, 0.2) is 22.9 Å². The first-order chi connectivity index (χ1) is 14.4. The average Bonchev–Trinajstić information content (AvgIpc) is 2.62. The van der Waals surface area contributed by atoms with Gasteiger partial charge >= 0.3 is 31.3 Å². The molecule has 0 spiro atoms. The maximum atomic E-state index is 12.8. The number of aromatic nitrogens is 2. The predicted octanol–water partition coefficient (Wildman–Crippen LogP) is 2.78. The first kappa shape index (κ1) is 25.3. The van der Waals surface area contributed by atoms with Gasteiger partial charge in [0.2, 0.25) is 5.78 Å². The monoisotopic (exact) mass is 508 g/mol. The van der Waals surface area contributed by atoms with Crippen molar-refractivity contribution < 1.29 is 56.3 Å². The van der Waals surface area contributed by atoms with Crippen LogP contribution in [0.2, 0.25) is 0 Å². The average molecular weight is 508 g/mol. The van der Waals surface area contributed by atoms with E-state index in [1.54, 1.807) is 0 Å². The van der Waals surface area contributed by atoms with Crippen LogP contribution in [0.4, 0.5) is 26.3 Å². The summed E-state index contributed by atoms with van der Waals surface area (Å²) in [4.78, 5) is 19.9. The third-order valence-electron chi connectivity index (χ3n) is 3.39. The lowest BCUT2D eigenvalue weighted by atomic mass is 10.1. The number of rotatable bonds is 6. The second-order valence-corrected chi connectivity index (χ2v) is 8.97. The Bertz CT molecular complexity index is 1170. The van der Waals surface area contributed by atoms with Crippen molar-refractivity contribution >= 4 is 26.0 Å². The van der Waals surface area contributed by atoms with Crippen LogP contribution >= 0.6 is 0 Å². The van der Waals surface area contributed by atoms with Crippen molar-refractivity contribution in [1.82, 2.24) is 9.97 Å². The van der Waals surface area contributed by atoms with Crippen molar-refractivity contribution in [3.8, 4) is 11.5 Å². The second-order valence-electron chi connectivity index (χ2n) is 5.89. The van der Waals surface area contributed by atoms with E-state index in [0.717, 1.165) is 12.1 Å². The number of hydrogen-bond donors (Lipinski definition) is 0. The van der Waals surface area contributed by atoms with E-state index in [1.807, 2.05) is 0 Å². The van der Waals surface area contributed by atoms with E-state index in [1.165, 1.54) is 13.8 Å². The van der Waals surface area contributed by atoms with E-state index in [9.17, 15) is 48.0 Å². The van der Waals surface area contributed by atoms with Gasteiger partial charge in [-0.15, -0.1) is 0 Å². The van der Waals surface area contributed by atoms with Gasteiger partial charge in [-0.3, -0.25) is 4.79 Å². The molecule has 2 rings (SSSR count). The largest absolute Gasteiger partial charge is 0.534 e. The molecule has 0 aliphatic heterocycles. The van der Waals surface area contributed by atoms with Crippen LogP contribution in [0.1, 0.15) is 27.6 Å². The molecule has 2 aromatic rings. The van der Waals surface area contributed by atoms with Crippen molar-refractivity contribution in [2.24, 2.45) is 0 Å². The zero-order chi connectivity index (χ0) is 24.7. The molecule has 0 atom stereocenters. The molecule has 2 heterocycles. The molecule has 0 aliphatic rings. The van der Waals surface area contributed by atoms with E-state index < -0.39 is 59.9 Å². The molecule has 0 unspecified atom stereocenters. The molecule has 0 saturated heterocycles. The van der Waals surface area contributed by atoms with Gasteiger partial charge in [0.1, 0.15) is 0 Å². The standard InChI is InChI=1S/C15H10F6N2O7S2/c1-7-3-5-9(29-31(25,26)14(16,17)18)11(22-7)13(24)12-10(6-4-8(2)23-12)30-32(27,28)15(19,20)21/h3-6H,1-2H3. The van der Waals surface area contributed by atoms with Crippen molar-refractivity contribution in [2.75, 3.05) is 0 Å². The highest BCUT2D eigenvalue weighted by Crippen LogP contribution is 2.32. The zero-order valence-electron chi connectivity index (χ0n) is 15.6. The lowest BCUT2D eigenvalue weighted by molar-refractivity contribution is -0.0504. The lowest BCUT2D eigenvalue weighted by Gasteiger charge is -2.14. The van der Waals surface area contributed by atoms with Crippen LogP contribution in [0, 0.1) is 13.8 Å². The number of nitrogens with zero attached hydrogens (tertiary/aromatic N) is 2. The van der Waals surface area contributed by atoms with Crippen LogP contribution < -0.4 is 8.37 Å². The summed E-state index contributed by atoms with van der Waals surface area (Å²) < 4.78 is 129. The van der Waals surface area contributed by atoms with E-state index in [-0.39, 0.29) is 11.4 Å².